The number of nitrogens with one attached hydrogen (secondary N) is 1. The smallest absolute Gasteiger partial charge is 0.256 e. The van der Waals surface area contributed by atoms with Crippen LogP contribution < -0.4 is 5.43 Å². The van der Waals surface area contributed by atoms with E-state index in [2.05, 4.69) is 10.5 Å². The molecule has 0 radical (unpaired) electrons. The summed E-state index contributed by atoms with van der Waals surface area (Å²) < 4.78 is 25.5. The number of halogens is 2. The molecule has 64 valence electrons. The summed E-state index contributed by atoms with van der Waals surface area (Å²) in [5, 5.41) is 3.27. The maximum atomic E-state index is 12.7. The van der Waals surface area contributed by atoms with Crippen molar-refractivity contribution in [2.45, 2.75) is 38.5 Å². The molecule has 0 aliphatic carbocycles. The third-order valence-electron chi connectivity index (χ3n) is 1.66. The van der Waals surface area contributed by atoms with Gasteiger partial charge >= 0.3 is 5.92 Å². The van der Waals surface area contributed by atoms with Crippen molar-refractivity contribution < 1.29 is 8.78 Å². The van der Waals surface area contributed by atoms with E-state index in [1.165, 1.54) is 0 Å². The minimum atomic E-state index is -2.70. The summed E-state index contributed by atoms with van der Waals surface area (Å²) in [5.74, 6) is -2.84. The SMILES string of the molecule is CCCCCC(F)(F)C1=NN1. The summed E-state index contributed by atoms with van der Waals surface area (Å²) in [7, 11) is 0. The molecule has 11 heavy (non-hydrogen) atoms. The number of hydrazone groups is 1. The quantitative estimate of drug-likeness (QED) is 0.617. The zero-order chi connectivity index (χ0) is 8.32. The molecule has 1 aliphatic rings. The fourth-order valence-corrected chi connectivity index (χ4v) is 0.907. The van der Waals surface area contributed by atoms with Gasteiger partial charge in [0.2, 0.25) is 5.84 Å². The van der Waals surface area contributed by atoms with Crippen LogP contribution in [-0.4, -0.2) is 11.8 Å². The molecule has 0 saturated carbocycles. The van der Waals surface area contributed by atoms with Gasteiger partial charge in [-0.25, -0.2) is 0 Å². The van der Waals surface area contributed by atoms with Crippen molar-refractivity contribution in [2.75, 3.05) is 0 Å². The molecule has 1 heterocycles. The lowest BCUT2D eigenvalue weighted by atomic mass is 10.1. The number of hydrogen-bond donors (Lipinski definition) is 1. The summed E-state index contributed by atoms with van der Waals surface area (Å²) >= 11 is 0. The molecule has 0 atom stereocenters. The topological polar surface area (TPSA) is 34.3 Å². The van der Waals surface area contributed by atoms with Crippen LogP contribution in [0, 0.1) is 0 Å². The van der Waals surface area contributed by atoms with Crippen LogP contribution >= 0.6 is 0 Å². The van der Waals surface area contributed by atoms with Gasteiger partial charge in [-0.05, 0) is 6.42 Å². The molecule has 0 unspecified atom stereocenters. The number of alkyl halides is 2. The van der Waals surface area contributed by atoms with E-state index in [1.54, 1.807) is 0 Å². The van der Waals surface area contributed by atoms with Crippen molar-refractivity contribution in [2.24, 2.45) is 5.10 Å². The summed E-state index contributed by atoms with van der Waals surface area (Å²) in [5.41, 5.74) is 2.19. The van der Waals surface area contributed by atoms with Gasteiger partial charge in [0.25, 0.3) is 0 Å². The Morgan fingerprint density at radius 3 is 2.55 bits per heavy atom. The first-order chi connectivity index (χ1) is 5.17. The lowest BCUT2D eigenvalue weighted by molar-refractivity contribution is 0.0669. The number of hydrogen-bond acceptors (Lipinski definition) is 2. The molecule has 2 nitrogen and oxygen atoms in total. The van der Waals surface area contributed by atoms with E-state index in [0.717, 1.165) is 12.8 Å². The predicted molar refractivity (Wildman–Crippen MR) is 39.7 cm³/mol. The number of nitrogens with zero attached hydrogens (tertiary/aromatic N) is 1. The highest BCUT2D eigenvalue weighted by molar-refractivity contribution is 5.96. The molecule has 1 N–H and O–H groups in total. The molecule has 0 aromatic rings. The first-order valence-electron chi connectivity index (χ1n) is 3.89. The summed E-state index contributed by atoms with van der Waals surface area (Å²) in [6.45, 7) is 1.99. The van der Waals surface area contributed by atoms with Gasteiger partial charge in [-0.2, -0.15) is 13.9 Å². The van der Waals surface area contributed by atoms with Crippen LogP contribution in [0.4, 0.5) is 8.78 Å². The second-order valence-electron chi connectivity index (χ2n) is 2.73. The molecule has 0 aromatic carbocycles. The third kappa shape index (κ3) is 2.44. The Kier molecular flexibility index (Phi) is 2.42. The van der Waals surface area contributed by atoms with E-state index >= 15 is 0 Å². The molecule has 0 fully saturated rings. The van der Waals surface area contributed by atoms with Gasteiger partial charge in [-0.3, -0.25) is 5.43 Å². The van der Waals surface area contributed by atoms with Crippen LogP contribution in [-0.2, 0) is 0 Å². The zero-order valence-corrected chi connectivity index (χ0v) is 6.53. The van der Waals surface area contributed by atoms with Crippen molar-refractivity contribution in [3.05, 3.63) is 0 Å². The van der Waals surface area contributed by atoms with Gasteiger partial charge in [0.15, 0.2) is 0 Å². The van der Waals surface area contributed by atoms with E-state index < -0.39 is 5.92 Å². The molecule has 0 bridgehead atoms. The molecule has 4 heteroatoms. The molecular formula is C7H12F2N2. The normalized spacial score (nSPS) is 15.7. The highest BCUT2D eigenvalue weighted by atomic mass is 19.3. The van der Waals surface area contributed by atoms with Gasteiger partial charge in [-0.1, -0.05) is 19.8 Å². The van der Waals surface area contributed by atoms with Gasteiger partial charge < -0.3 is 0 Å². The highest BCUT2D eigenvalue weighted by Gasteiger charge is 2.40. The lowest BCUT2D eigenvalue weighted by Gasteiger charge is -2.08. The number of rotatable bonds is 5. The van der Waals surface area contributed by atoms with Gasteiger partial charge in [0.1, 0.15) is 0 Å². The van der Waals surface area contributed by atoms with E-state index in [-0.39, 0.29) is 12.3 Å². The fourth-order valence-electron chi connectivity index (χ4n) is 0.907. The largest absolute Gasteiger partial charge is 0.307 e. The number of amidine groups is 1. The Hall–Kier alpha value is -0.670. The molecule has 0 aromatic heterocycles. The van der Waals surface area contributed by atoms with Crippen molar-refractivity contribution in [1.29, 1.82) is 0 Å². The van der Waals surface area contributed by atoms with E-state index in [9.17, 15) is 8.78 Å². The van der Waals surface area contributed by atoms with Gasteiger partial charge in [0, 0.05) is 6.42 Å². The monoisotopic (exact) mass is 162 g/mol. The Morgan fingerprint density at radius 1 is 1.45 bits per heavy atom. The highest BCUT2D eigenvalue weighted by Crippen LogP contribution is 2.25. The zero-order valence-electron chi connectivity index (χ0n) is 6.53. The second kappa shape index (κ2) is 3.15. The minimum absolute atomic E-state index is 0.0767. The first kappa shape index (κ1) is 8.43. The van der Waals surface area contributed by atoms with Crippen LogP contribution in [0.25, 0.3) is 0 Å². The minimum Gasteiger partial charge on any atom is -0.256 e. The Balaban J connectivity index is 2.17. The van der Waals surface area contributed by atoms with Crippen molar-refractivity contribution >= 4 is 5.84 Å². The van der Waals surface area contributed by atoms with Crippen LogP contribution in [0.15, 0.2) is 5.10 Å². The van der Waals surface area contributed by atoms with E-state index in [4.69, 9.17) is 0 Å². The molecule has 0 saturated heterocycles. The molecule has 1 rings (SSSR count). The molecule has 1 aliphatic heterocycles. The van der Waals surface area contributed by atoms with Crippen LogP contribution in [0.5, 0.6) is 0 Å². The maximum absolute atomic E-state index is 12.7. The first-order valence-corrected chi connectivity index (χ1v) is 3.89. The molecular weight excluding hydrogens is 150 g/mol. The van der Waals surface area contributed by atoms with E-state index in [1.807, 2.05) is 6.92 Å². The van der Waals surface area contributed by atoms with E-state index in [0.29, 0.717) is 6.42 Å². The van der Waals surface area contributed by atoms with Crippen molar-refractivity contribution in [3.63, 3.8) is 0 Å². The second-order valence-corrected chi connectivity index (χ2v) is 2.73. The number of unbranched alkanes of at least 4 members (excludes halogenated alkanes) is 2. The van der Waals surface area contributed by atoms with Crippen molar-refractivity contribution in [3.8, 4) is 0 Å². The average Bonchev–Trinajstić information content (AvgIpc) is 2.68. The Labute approximate surface area is 64.7 Å². The van der Waals surface area contributed by atoms with Crippen LogP contribution in [0.1, 0.15) is 32.6 Å². The molecule has 0 spiro atoms. The summed E-state index contributed by atoms with van der Waals surface area (Å²) in [4.78, 5) is 0. The average molecular weight is 162 g/mol. The molecule has 0 amide bonds. The lowest BCUT2D eigenvalue weighted by Crippen LogP contribution is -2.25. The van der Waals surface area contributed by atoms with Gasteiger partial charge in [0.05, 0.1) is 0 Å². The Morgan fingerprint density at radius 2 is 2.09 bits per heavy atom. The Bertz CT molecular complexity index is 166. The van der Waals surface area contributed by atoms with Crippen LogP contribution in [0.2, 0.25) is 0 Å². The third-order valence-corrected chi connectivity index (χ3v) is 1.66. The summed E-state index contributed by atoms with van der Waals surface area (Å²) in [6, 6.07) is 0. The summed E-state index contributed by atoms with van der Waals surface area (Å²) in [6.07, 6.45) is 2.33. The van der Waals surface area contributed by atoms with Crippen molar-refractivity contribution in [1.82, 2.24) is 5.43 Å². The standard InChI is InChI=1S/C7H12F2N2/c1-2-3-4-5-7(8,9)6-10-11-6/h2-5H2,1H3,(H,10,11). The fraction of sp³-hybridized carbons (Fsp3) is 0.857. The predicted octanol–water partition coefficient (Wildman–Crippen LogP) is 2.12. The van der Waals surface area contributed by atoms with Crippen LogP contribution in [0.3, 0.4) is 0 Å². The van der Waals surface area contributed by atoms with Gasteiger partial charge in [-0.15, -0.1) is 0 Å². The maximum Gasteiger partial charge on any atom is 0.307 e.